The third-order valence-electron chi connectivity index (χ3n) is 4.95. The summed E-state index contributed by atoms with van der Waals surface area (Å²) in [5.41, 5.74) is 2.85. The molecule has 0 aliphatic carbocycles. The summed E-state index contributed by atoms with van der Waals surface area (Å²) in [5.74, 6) is -0.174. The van der Waals surface area contributed by atoms with Gasteiger partial charge in [0, 0.05) is 43.3 Å². The SMILES string of the molecule is CCC[C@@H](NC(=O)c1ccc(N(C)C)cc1)C(=O)N1CCc2sccc2C1. The van der Waals surface area contributed by atoms with Crippen LogP contribution in [0.1, 0.15) is 40.6 Å². The van der Waals surface area contributed by atoms with E-state index < -0.39 is 6.04 Å². The van der Waals surface area contributed by atoms with E-state index in [0.717, 1.165) is 25.1 Å². The molecule has 5 nitrogen and oxygen atoms in total. The molecule has 3 rings (SSSR count). The van der Waals surface area contributed by atoms with Gasteiger partial charge in [0.2, 0.25) is 5.91 Å². The number of rotatable bonds is 6. The van der Waals surface area contributed by atoms with Crippen molar-refractivity contribution < 1.29 is 9.59 Å². The number of nitrogens with zero attached hydrogens (tertiary/aromatic N) is 2. The highest BCUT2D eigenvalue weighted by Gasteiger charge is 2.28. The summed E-state index contributed by atoms with van der Waals surface area (Å²) in [6.45, 7) is 3.40. The average molecular weight is 386 g/mol. The molecule has 0 saturated carbocycles. The molecule has 2 heterocycles. The van der Waals surface area contributed by atoms with Crippen LogP contribution >= 0.6 is 11.3 Å². The van der Waals surface area contributed by atoms with Crippen LogP contribution in [0.5, 0.6) is 0 Å². The Morgan fingerprint density at radius 3 is 2.63 bits per heavy atom. The lowest BCUT2D eigenvalue weighted by Gasteiger charge is -2.31. The first-order valence-electron chi connectivity index (χ1n) is 9.42. The van der Waals surface area contributed by atoms with Gasteiger partial charge in [0.1, 0.15) is 6.04 Å². The van der Waals surface area contributed by atoms with Crippen molar-refractivity contribution in [1.82, 2.24) is 10.2 Å². The van der Waals surface area contributed by atoms with Crippen LogP contribution in [-0.2, 0) is 17.8 Å². The van der Waals surface area contributed by atoms with Gasteiger partial charge in [-0.3, -0.25) is 9.59 Å². The number of thiophene rings is 1. The minimum atomic E-state index is -0.476. The van der Waals surface area contributed by atoms with Gasteiger partial charge in [-0.25, -0.2) is 0 Å². The van der Waals surface area contributed by atoms with Crippen molar-refractivity contribution in [2.24, 2.45) is 0 Å². The molecule has 6 heteroatoms. The number of nitrogens with one attached hydrogen (secondary N) is 1. The van der Waals surface area contributed by atoms with Gasteiger partial charge in [-0.1, -0.05) is 13.3 Å². The van der Waals surface area contributed by atoms with Crippen molar-refractivity contribution in [2.45, 2.75) is 38.8 Å². The molecular weight excluding hydrogens is 358 g/mol. The van der Waals surface area contributed by atoms with E-state index in [-0.39, 0.29) is 11.8 Å². The Labute approximate surface area is 165 Å². The van der Waals surface area contributed by atoms with Gasteiger partial charge in [0.05, 0.1) is 0 Å². The molecule has 0 bridgehead atoms. The zero-order valence-electron chi connectivity index (χ0n) is 16.2. The van der Waals surface area contributed by atoms with Crippen molar-refractivity contribution in [3.8, 4) is 0 Å². The van der Waals surface area contributed by atoms with Gasteiger partial charge in [-0.05, 0) is 54.1 Å². The van der Waals surface area contributed by atoms with E-state index in [1.807, 2.05) is 43.0 Å². The van der Waals surface area contributed by atoms with Crippen molar-refractivity contribution >= 4 is 28.8 Å². The van der Waals surface area contributed by atoms with E-state index in [0.29, 0.717) is 18.5 Å². The third-order valence-corrected chi connectivity index (χ3v) is 5.97. The van der Waals surface area contributed by atoms with Crippen molar-refractivity contribution in [1.29, 1.82) is 0 Å². The molecule has 2 aromatic rings. The second kappa shape index (κ2) is 8.57. The van der Waals surface area contributed by atoms with Gasteiger partial charge in [0.25, 0.3) is 5.91 Å². The maximum absolute atomic E-state index is 13.0. The van der Waals surface area contributed by atoms with Gasteiger partial charge in [-0.2, -0.15) is 0 Å². The van der Waals surface area contributed by atoms with Crippen LogP contribution in [-0.4, -0.2) is 43.4 Å². The number of fused-ring (bicyclic) bond motifs is 1. The van der Waals surface area contributed by atoms with Gasteiger partial charge < -0.3 is 15.1 Å². The lowest BCUT2D eigenvalue weighted by atomic mass is 10.1. The lowest BCUT2D eigenvalue weighted by molar-refractivity contribution is -0.134. The number of anilines is 1. The lowest BCUT2D eigenvalue weighted by Crippen LogP contribution is -2.49. The van der Waals surface area contributed by atoms with Crippen LogP contribution in [0.3, 0.4) is 0 Å². The van der Waals surface area contributed by atoms with Gasteiger partial charge >= 0.3 is 0 Å². The molecule has 0 saturated heterocycles. The molecule has 1 atom stereocenters. The predicted molar refractivity (Wildman–Crippen MR) is 110 cm³/mol. The fourth-order valence-corrected chi connectivity index (χ4v) is 4.25. The largest absolute Gasteiger partial charge is 0.378 e. The summed E-state index contributed by atoms with van der Waals surface area (Å²) >= 11 is 1.76. The first kappa shape index (κ1) is 19.4. The average Bonchev–Trinajstić information content (AvgIpc) is 3.14. The number of carbonyl (C=O) groups is 2. The molecule has 1 aromatic heterocycles. The highest BCUT2D eigenvalue weighted by atomic mass is 32.1. The molecular formula is C21H27N3O2S. The number of benzene rings is 1. The van der Waals surface area contributed by atoms with E-state index in [4.69, 9.17) is 0 Å². The standard InChI is InChI=1S/C21H27N3O2S/c1-4-5-18(21(26)24-12-10-19-16(14-24)11-13-27-19)22-20(25)15-6-8-17(9-7-15)23(2)3/h6-9,11,13,18H,4-5,10,12,14H2,1-3H3,(H,22,25)/t18-/m1/s1. The van der Waals surface area contributed by atoms with Gasteiger partial charge in [0.15, 0.2) is 0 Å². The Morgan fingerprint density at radius 1 is 1.22 bits per heavy atom. The fraction of sp³-hybridized carbons (Fsp3) is 0.429. The first-order valence-corrected chi connectivity index (χ1v) is 10.3. The molecule has 1 aliphatic heterocycles. The molecule has 0 unspecified atom stereocenters. The Kier molecular flexibility index (Phi) is 6.16. The second-order valence-electron chi connectivity index (χ2n) is 7.13. The Balaban J connectivity index is 1.67. The topological polar surface area (TPSA) is 52.7 Å². The maximum Gasteiger partial charge on any atom is 0.251 e. The molecule has 2 amide bonds. The van der Waals surface area contributed by atoms with Crippen LogP contribution in [0.4, 0.5) is 5.69 Å². The van der Waals surface area contributed by atoms with E-state index in [1.165, 1.54) is 10.4 Å². The van der Waals surface area contributed by atoms with Gasteiger partial charge in [-0.15, -0.1) is 11.3 Å². The zero-order chi connectivity index (χ0) is 19.4. The molecule has 1 aliphatic rings. The quantitative estimate of drug-likeness (QED) is 0.830. The van der Waals surface area contributed by atoms with E-state index in [9.17, 15) is 9.59 Å². The molecule has 1 aromatic carbocycles. The minimum absolute atomic E-state index is 0.0203. The van der Waals surface area contributed by atoms with E-state index in [2.05, 4.69) is 16.8 Å². The monoisotopic (exact) mass is 385 g/mol. The normalized spacial score (nSPS) is 14.4. The van der Waals surface area contributed by atoms with Crippen LogP contribution < -0.4 is 10.2 Å². The summed E-state index contributed by atoms with van der Waals surface area (Å²) in [7, 11) is 3.92. The van der Waals surface area contributed by atoms with E-state index in [1.54, 1.807) is 23.5 Å². The highest BCUT2D eigenvalue weighted by molar-refractivity contribution is 7.10. The maximum atomic E-state index is 13.0. The summed E-state index contributed by atoms with van der Waals surface area (Å²) in [6.07, 6.45) is 2.39. The van der Waals surface area contributed by atoms with Crippen molar-refractivity contribution in [3.63, 3.8) is 0 Å². The van der Waals surface area contributed by atoms with Crippen LogP contribution in [0.2, 0.25) is 0 Å². The third kappa shape index (κ3) is 4.50. The van der Waals surface area contributed by atoms with Crippen LogP contribution in [0.25, 0.3) is 0 Å². The molecule has 0 spiro atoms. The molecule has 144 valence electrons. The Bertz CT molecular complexity index is 798. The smallest absolute Gasteiger partial charge is 0.251 e. The Morgan fingerprint density at radius 2 is 1.96 bits per heavy atom. The number of amides is 2. The first-order chi connectivity index (χ1) is 13.0. The highest BCUT2D eigenvalue weighted by Crippen LogP contribution is 2.24. The minimum Gasteiger partial charge on any atom is -0.378 e. The summed E-state index contributed by atoms with van der Waals surface area (Å²) in [4.78, 5) is 30.9. The van der Waals surface area contributed by atoms with Crippen LogP contribution in [0, 0.1) is 0 Å². The Hall–Kier alpha value is -2.34. The predicted octanol–water partition coefficient (Wildman–Crippen LogP) is 3.30. The molecule has 1 N–H and O–H groups in total. The molecule has 0 fully saturated rings. The number of carbonyl (C=O) groups excluding carboxylic acids is 2. The van der Waals surface area contributed by atoms with Crippen LogP contribution in [0.15, 0.2) is 35.7 Å². The van der Waals surface area contributed by atoms with E-state index >= 15 is 0 Å². The van der Waals surface area contributed by atoms with Crippen molar-refractivity contribution in [2.75, 3.05) is 25.5 Å². The summed E-state index contributed by atoms with van der Waals surface area (Å²) < 4.78 is 0. The number of hydrogen-bond donors (Lipinski definition) is 1. The molecule has 0 radical (unpaired) electrons. The second-order valence-corrected chi connectivity index (χ2v) is 8.14. The number of hydrogen-bond acceptors (Lipinski definition) is 4. The van der Waals surface area contributed by atoms with Crippen molar-refractivity contribution in [3.05, 3.63) is 51.7 Å². The summed E-state index contributed by atoms with van der Waals surface area (Å²) in [6, 6.07) is 9.05. The molecule has 27 heavy (non-hydrogen) atoms. The fourth-order valence-electron chi connectivity index (χ4n) is 3.36. The zero-order valence-corrected chi connectivity index (χ0v) is 17.0. The summed E-state index contributed by atoms with van der Waals surface area (Å²) in [5, 5.41) is 5.04.